The van der Waals surface area contributed by atoms with Crippen LogP contribution >= 0.6 is 0 Å². The Bertz CT molecular complexity index is 311. The maximum absolute atomic E-state index is 11.4. The van der Waals surface area contributed by atoms with Crippen LogP contribution in [-0.4, -0.2) is 47.1 Å². The van der Waals surface area contributed by atoms with Gasteiger partial charge in [0.1, 0.15) is 6.04 Å². The van der Waals surface area contributed by atoms with Crippen LogP contribution in [0.5, 0.6) is 0 Å². The lowest BCUT2D eigenvalue weighted by atomic mass is 9.85. The molecule has 5 nitrogen and oxygen atoms in total. The highest BCUT2D eigenvalue weighted by atomic mass is 16.4. The lowest BCUT2D eigenvalue weighted by molar-refractivity contribution is -0.148. The van der Waals surface area contributed by atoms with Crippen LogP contribution in [0.3, 0.4) is 0 Å². The average molecular weight is 240 g/mol. The fraction of sp³-hybridized carbons (Fsp3) is 0.833. The molecule has 1 aliphatic heterocycles. The molecule has 17 heavy (non-hydrogen) atoms. The van der Waals surface area contributed by atoms with Crippen molar-refractivity contribution in [1.29, 1.82) is 0 Å². The largest absolute Gasteiger partial charge is 0.480 e. The average Bonchev–Trinajstić information content (AvgIpc) is 2.29. The highest BCUT2D eigenvalue weighted by molar-refractivity contribution is 5.83. The summed E-state index contributed by atoms with van der Waals surface area (Å²) in [4.78, 5) is 24.5. The molecule has 2 N–H and O–H groups in total. The fourth-order valence-corrected chi connectivity index (χ4v) is 2.85. The zero-order chi connectivity index (χ0) is 12.4. The Morgan fingerprint density at radius 1 is 1.35 bits per heavy atom. The van der Waals surface area contributed by atoms with Gasteiger partial charge in [0.05, 0.1) is 6.54 Å². The number of nitrogens with zero attached hydrogens (tertiary/aromatic N) is 1. The first-order valence-electron chi connectivity index (χ1n) is 6.33. The smallest absolute Gasteiger partial charge is 0.322 e. The molecule has 1 saturated heterocycles. The van der Waals surface area contributed by atoms with Crippen LogP contribution < -0.4 is 5.32 Å². The molecule has 1 saturated carbocycles. The van der Waals surface area contributed by atoms with Gasteiger partial charge in [-0.15, -0.1) is 0 Å². The summed E-state index contributed by atoms with van der Waals surface area (Å²) in [6.07, 6.45) is 4.29. The van der Waals surface area contributed by atoms with E-state index in [1.165, 1.54) is 0 Å². The standard InChI is InChI=1S/C12H20N2O3/c1-8-2-4-9(5-3-8)14-7-11(15)13-6-10(14)12(16)17/h8-10H,2-7H2,1H3,(H,13,15)(H,16,17). The summed E-state index contributed by atoms with van der Waals surface area (Å²) < 4.78 is 0. The van der Waals surface area contributed by atoms with Gasteiger partial charge >= 0.3 is 5.97 Å². The van der Waals surface area contributed by atoms with E-state index >= 15 is 0 Å². The van der Waals surface area contributed by atoms with Crippen LogP contribution in [-0.2, 0) is 9.59 Å². The number of carboxylic acids is 1. The Hall–Kier alpha value is -1.10. The summed E-state index contributed by atoms with van der Waals surface area (Å²) >= 11 is 0. The van der Waals surface area contributed by atoms with E-state index in [0.29, 0.717) is 0 Å². The molecule has 2 fully saturated rings. The lowest BCUT2D eigenvalue weighted by Gasteiger charge is -2.41. The lowest BCUT2D eigenvalue weighted by Crippen LogP contribution is -2.60. The number of rotatable bonds is 2. The van der Waals surface area contributed by atoms with Crippen molar-refractivity contribution in [2.45, 2.75) is 44.7 Å². The molecule has 0 bridgehead atoms. The van der Waals surface area contributed by atoms with Crippen LogP contribution in [0.25, 0.3) is 0 Å². The van der Waals surface area contributed by atoms with E-state index in [-0.39, 0.29) is 25.0 Å². The molecule has 0 spiro atoms. The topological polar surface area (TPSA) is 69.6 Å². The summed E-state index contributed by atoms with van der Waals surface area (Å²) in [5, 5.41) is 11.8. The second kappa shape index (κ2) is 5.04. The Morgan fingerprint density at radius 3 is 2.59 bits per heavy atom. The van der Waals surface area contributed by atoms with Crippen molar-refractivity contribution < 1.29 is 14.7 Å². The molecule has 2 rings (SSSR count). The zero-order valence-electron chi connectivity index (χ0n) is 10.2. The molecule has 0 aromatic heterocycles. The third kappa shape index (κ3) is 2.77. The predicted molar refractivity (Wildman–Crippen MR) is 62.6 cm³/mol. The summed E-state index contributed by atoms with van der Waals surface area (Å²) in [7, 11) is 0. The van der Waals surface area contributed by atoms with Crippen molar-refractivity contribution in [1.82, 2.24) is 10.2 Å². The van der Waals surface area contributed by atoms with Gasteiger partial charge in [-0.2, -0.15) is 0 Å². The van der Waals surface area contributed by atoms with Crippen LogP contribution in [0.1, 0.15) is 32.6 Å². The SMILES string of the molecule is CC1CCC(N2CC(=O)NCC2C(=O)O)CC1. The molecule has 96 valence electrons. The van der Waals surface area contributed by atoms with E-state index in [9.17, 15) is 14.7 Å². The van der Waals surface area contributed by atoms with Crippen LogP contribution in [0.15, 0.2) is 0 Å². The maximum Gasteiger partial charge on any atom is 0.322 e. The van der Waals surface area contributed by atoms with Crippen molar-refractivity contribution in [3.8, 4) is 0 Å². The summed E-state index contributed by atoms with van der Waals surface area (Å²) in [6, 6.07) is -0.288. The molecule has 0 aromatic carbocycles. The van der Waals surface area contributed by atoms with Gasteiger partial charge in [-0.1, -0.05) is 6.92 Å². The Morgan fingerprint density at radius 2 is 2.00 bits per heavy atom. The third-order valence-corrected chi connectivity index (χ3v) is 3.96. The van der Waals surface area contributed by atoms with Gasteiger partial charge in [0.15, 0.2) is 0 Å². The van der Waals surface area contributed by atoms with Crippen molar-refractivity contribution in [3.05, 3.63) is 0 Å². The third-order valence-electron chi connectivity index (χ3n) is 3.96. The van der Waals surface area contributed by atoms with E-state index in [0.717, 1.165) is 31.6 Å². The normalized spacial score (nSPS) is 35.4. The Labute approximate surface area is 101 Å². The second-order valence-electron chi connectivity index (χ2n) is 5.24. The molecule has 2 aliphatic rings. The Balaban J connectivity index is 2.04. The van der Waals surface area contributed by atoms with E-state index < -0.39 is 12.0 Å². The first-order chi connectivity index (χ1) is 8.08. The zero-order valence-corrected chi connectivity index (χ0v) is 10.2. The maximum atomic E-state index is 11.4. The van der Waals surface area contributed by atoms with Gasteiger partial charge in [0, 0.05) is 12.6 Å². The number of carbonyl (C=O) groups excluding carboxylic acids is 1. The van der Waals surface area contributed by atoms with E-state index in [1.54, 1.807) is 0 Å². The van der Waals surface area contributed by atoms with E-state index in [1.807, 2.05) is 4.90 Å². The van der Waals surface area contributed by atoms with Crippen molar-refractivity contribution in [2.75, 3.05) is 13.1 Å². The quantitative estimate of drug-likeness (QED) is 0.735. The minimum absolute atomic E-state index is 0.0545. The van der Waals surface area contributed by atoms with Gasteiger partial charge in [-0.05, 0) is 31.6 Å². The Kier molecular flexibility index (Phi) is 3.66. The van der Waals surface area contributed by atoms with Gasteiger partial charge in [0.25, 0.3) is 0 Å². The predicted octanol–water partition coefficient (Wildman–Crippen LogP) is 0.450. The van der Waals surface area contributed by atoms with Gasteiger partial charge in [-0.3, -0.25) is 14.5 Å². The molecule has 5 heteroatoms. The number of nitrogens with one attached hydrogen (secondary N) is 1. The molecule has 1 heterocycles. The monoisotopic (exact) mass is 240 g/mol. The number of carbonyl (C=O) groups is 2. The number of carboxylic acid groups (broad SMARTS) is 1. The van der Waals surface area contributed by atoms with Gasteiger partial charge < -0.3 is 10.4 Å². The van der Waals surface area contributed by atoms with Crippen molar-refractivity contribution >= 4 is 11.9 Å². The van der Waals surface area contributed by atoms with Gasteiger partial charge in [0.2, 0.25) is 5.91 Å². The molecule has 0 aromatic rings. The molecular formula is C12H20N2O3. The number of piperazine rings is 1. The minimum atomic E-state index is -0.830. The minimum Gasteiger partial charge on any atom is -0.480 e. The highest BCUT2D eigenvalue weighted by Gasteiger charge is 2.37. The van der Waals surface area contributed by atoms with Crippen molar-refractivity contribution in [3.63, 3.8) is 0 Å². The number of aliphatic carboxylic acids is 1. The van der Waals surface area contributed by atoms with Gasteiger partial charge in [-0.25, -0.2) is 0 Å². The van der Waals surface area contributed by atoms with Crippen LogP contribution in [0.4, 0.5) is 0 Å². The summed E-state index contributed by atoms with van der Waals surface area (Å²) in [5.74, 6) is -0.155. The first kappa shape index (κ1) is 12.4. The van der Waals surface area contributed by atoms with Crippen molar-refractivity contribution in [2.24, 2.45) is 5.92 Å². The number of amides is 1. The molecule has 1 amide bonds. The molecule has 0 radical (unpaired) electrons. The molecular weight excluding hydrogens is 220 g/mol. The second-order valence-corrected chi connectivity index (χ2v) is 5.24. The fourth-order valence-electron chi connectivity index (χ4n) is 2.85. The number of hydrogen-bond donors (Lipinski definition) is 2. The van der Waals surface area contributed by atoms with Crippen LogP contribution in [0.2, 0.25) is 0 Å². The van der Waals surface area contributed by atoms with Crippen LogP contribution in [0, 0.1) is 5.92 Å². The first-order valence-corrected chi connectivity index (χ1v) is 6.33. The van der Waals surface area contributed by atoms with E-state index in [2.05, 4.69) is 12.2 Å². The molecule has 1 atom stereocenters. The molecule has 1 unspecified atom stereocenters. The van der Waals surface area contributed by atoms with E-state index in [4.69, 9.17) is 0 Å². The highest BCUT2D eigenvalue weighted by Crippen LogP contribution is 2.28. The number of hydrogen-bond acceptors (Lipinski definition) is 3. The molecule has 1 aliphatic carbocycles. The summed E-state index contributed by atoms with van der Waals surface area (Å²) in [6.45, 7) is 2.70. The summed E-state index contributed by atoms with van der Waals surface area (Å²) in [5.41, 5.74) is 0.